The maximum atomic E-state index is 14.1. The maximum absolute atomic E-state index is 14.1. The molecule has 3 heterocycles. The highest BCUT2D eigenvalue weighted by Crippen LogP contribution is 2.31. The SMILES string of the molecule is Nc1nc(NC2CCN(S(=O)(=O)c3ccc(-c4cccnc4)cc3)CC2)sc1C(=O)c1c(F)cccc1F.O=C(O)C(F)(F)F. The summed E-state index contributed by atoms with van der Waals surface area (Å²) in [7, 11) is -3.67. The second-order valence-electron chi connectivity index (χ2n) is 9.55. The van der Waals surface area contributed by atoms with E-state index >= 15 is 0 Å². The van der Waals surface area contributed by atoms with Gasteiger partial charge < -0.3 is 16.2 Å². The van der Waals surface area contributed by atoms with Gasteiger partial charge in [0, 0.05) is 31.5 Å². The van der Waals surface area contributed by atoms with Crippen LogP contribution in [0.1, 0.15) is 28.1 Å². The van der Waals surface area contributed by atoms with Crippen LogP contribution in [0.3, 0.4) is 0 Å². The lowest BCUT2D eigenvalue weighted by Gasteiger charge is -2.31. The number of hydrogen-bond acceptors (Lipinski definition) is 9. The van der Waals surface area contributed by atoms with Crippen molar-refractivity contribution in [1.82, 2.24) is 14.3 Å². The normalized spacial score (nSPS) is 14.3. The zero-order chi connectivity index (χ0) is 32.9. The number of nitrogens with two attached hydrogens (primary N) is 1. The number of pyridine rings is 1. The van der Waals surface area contributed by atoms with Gasteiger partial charge in [0.25, 0.3) is 0 Å². The third-order valence-corrected chi connectivity index (χ3v) is 9.47. The number of aliphatic carboxylic acids is 1. The molecule has 45 heavy (non-hydrogen) atoms. The molecular formula is C28H24F5N5O5S2. The minimum absolute atomic E-state index is 0.0637. The smallest absolute Gasteiger partial charge is 0.475 e. The molecule has 4 N–H and O–H groups in total. The van der Waals surface area contributed by atoms with Gasteiger partial charge in [-0.3, -0.25) is 9.78 Å². The van der Waals surface area contributed by atoms with Gasteiger partial charge in [0.05, 0.1) is 10.5 Å². The zero-order valence-corrected chi connectivity index (χ0v) is 24.6. The van der Waals surface area contributed by atoms with Crippen LogP contribution in [0.15, 0.2) is 71.9 Å². The van der Waals surface area contributed by atoms with E-state index in [1.54, 1.807) is 36.7 Å². The predicted molar refractivity (Wildman–Crippen MR) is 155 cm³/mol. The molecule has 17 heteroatoms. The van der Waals surface area contributed by atoms with Crippen molar-refractivity contribution in [3.8, 4) is 11.1 Å². The van der Waals surface area contributed by atoms with Crippen molar-refractivity contribution < 1.29 is 45.1 Å². The molecule has 1 aliphatic rings. The molecule has 5 rings (SSSR count). The number of ketones is 1. The average Bonchev–Trinajstić information content (AvgIpc) is 3.37. The predicted octanol–water partition coefficient (Wildman–Crippen LogP) is 5.20. The number of alkyl halides is 3. The Labute approximate surface area is 257 Å². The molecule has 0 bridgehead atoms. The number of nitrogens with one attached hydrogen (secondary N) is 1. The molecule has 0 spiro atoms. The number of carbonyl (C=O) groups excluding carboxylic acids is 1. The standard InChI is InChI=1S/C26H23F2N5O3S2.C2HF3O2/c27-20-4-1-5-21(28)22(20)23(34)24-25(29)32-26(37-24)31-18-10-13-33(14-11-18)38(35,36)19-8-6-16(7-9-19)17-3-2-12-30-15-17;3-2(4,5)1(6)7/h1-9,12,15,18H,10-11,13-14,29H2,(H,31,32);(H,6,7). The third kappa shape index (κ3) is 7.98. The maximum Gasteiger partial charge on any atom is 0.490 e. The van der Waals surface area contributed by atoms with Crippen LogP contribution < -0.4 is 11.1 Å². The number of benzene rings is 2. The van der Waals surface area contributed by atoms with E-state index in [2.05, 4.69) is 15.3 Å². The summed E-state index contributed by atoms with van der Waals surface area (Å²) in [6.07, 6.45) is -0.695. The Kier molecular flexibility index (Phi) is 10.1. The number of piperidine rings is 1. The monoisotopic (exact) mass is 669 g/mol. The molecule has 0 radical (unpaired) electrons. The minimum Gasteiger partial charge on any atom is -0.475 e. The Morgan fingerprint density at radius 2 is 1.58 bits per heavy atom. The lowest BCUT2D eigenvalue weighted by atomic mass is 10.1. The van der Waals surface area contributed by atoms with Crippen LogP contribution in [-0.2, 0) is 14.8 Å². The van der Waals surface area contributed by atoms with E-state index in [0.717, 1.165) is 34.6 Å². The number of rotatable bonds is 7. The molecule has 238 valence electrons. The van der Waals surface area contributed by atoms with Crippen molar-refractivity contribution in [3.63, 3.8) is 0 Å². The number of carboxylic acid groups (broad SMARTS) is 1. The minimum atomic E-state index is -5.08. The van der Waals surface area contributed by atoms with Gasteiger partial charge in [-0.2, -0.15) is 17.5 Å². The van der Waals surface area contributed by atoms with Crippen LogP contribution >= 0.6 is 11.3 Å². The van der Waals surface area contributed by atoms with Crippen LogP contribution in [0.2, 0.25) is 0 Å². The number of carboxylic acids is 1. The van der Waals surface area contributed by atoms with Crippen molar-refractivity contribution in [3.05, 3.63) is 89.1 Å². The first-order chi connectivity index (χ1) is 21.2. The third-order valence-electron chi connectivity index (χ3n) is 6.56. The first-order valence-electron chi connectivity index (χ1n) is 13.0. The number of anilines is 2. The summed E-state index contributed by atoms with van der Waals surface area (Å²) in [4.78, 5) is 30.0. The summed E-state index contributed by atoms with van der Waals surface area (Å²) in [6, 6.07) is 13.5. The molecule has 10 nitrogen and oxygen atoms in total. The highest BCUT2D eigenvalue weighted by Gasteiger charge is 2.38. The highest BCUT2D eigenvalue weighted by molar-refractivity contribution is 7.89. The summed E-state index contributed by atoms with van der Waals surface area (Å²) in [5, 5.41) is 10.6. The second kappa shape index (κ2) is 13.7. The van der Waals surface area contributed by atoms with E-state index in [1.807, 2.05) is 12.1 Å². The lowest BCUT2D eigenvalue weighted by Crippen LogP contribution is -2.42. The van der Waals surface area contributed by atoms with Gasteiger partial charge in [-0.1, -0.05) is 35.6 Å². The van der Waals surface area contributed by atoms with Crippen molar-refractivity contribution in [2.75, 3.05) is 24.1 Å². The molecule has 1 aliphatic heterocycles. The van der Waals surface area contributed by atoms with Gasteiger partial charge in [-0.15, -0.1) is 0 Å². The van der Waals surface area contributed by atoms with Crippen LogP contribution in [0.25, 0.3) is 11.1 Å². The van der Waals surface area contributed by atoms with Crippen molar-refractivity contribution in [2.45, 2.75) is 30.0 Å². The van der Waals surface area contributed by atoms with E-state index in [9.17, 15) is 35.2 Å². The van der Waals surface area contributed by atoms with Crippen LogP contribution in [-0.4, -0.2) is 64.9 Å². The van der Waals surface area contributed by atoms with Crippen LogP contribution in [0.5, 0.6) is 0 Å². The first-order valence-corrected chi connectivity index (χ1v) is 15.3. The number of carbonyl (C=O) groups is 2. The summed E-state index contributed by atoms with van der Waals surface area (Å²) in [5.41, 5.74) is 6.97. The fourth-order valence-electron chi connectivity index (χ4n) is 4.30. The van der Waals surface area contributed by atoms with Gasteiger partial charge in [0.15, 0.2) is 5.13 Å². The number of halogens is 5. The molecule has 1 saturated heterocycles. The molecule has 1 fully saturated rings. The summed E-state index contributed by atoms with van der Waals surface area (Å²) in [5.74, 6) is -5.71. The lowest BCUT2D eigenvalue weighted by molar-refractivity contribution is -0.192. The van der Waals surface area contributed by atoms with Gasteiger partial charge >= 0.3 is 12.1 Å². The fourth-order valence-corrected chi connectivity index (χ4v) is 6.68. The molecule has 2 aromatic carbocycles. The van der Waals surface area contributed by atoms with E-state index < -0.39 is 45.2 Å². The van der Waals surface area contributed by atoms with Crippen molar-refractivity contribution in [1.29, 1.82) is 0 Å². The van der Waals surface area contributed by atoms with E-state index in [1.165, 1.54) is 10.4 Å². The number of hydrogen-bond donors (Lipinski definition) is 3. The largest absolute Gasteiger partial charge is 0.490 e. The van der Waals surface area contributed by atoms with Crippen LogP contribution in [0.4, 0.5) is 32.9 Å². The van der Waals surface area contributed by atoms with Gasteiger partial charge in [0.2, 0.25) is 15.8 Å². The van der Waals surface area contributed by atoms with Crippen molar-refractivity contribution in [2.24, 2.45) is 0 Å². The topological polar surface area (TPSA) is 156 Å². The Hall–Kier alpha value is -4.48. The van der Waals surface area contributed by atoms with E-state index in [0.29, 0.717) is 18.0 Å². The average molecular weight is 670 g/mol. The Bertz CT molecular complexity index is 1760. The molecular weight excluding hydrogens is 645 g/mol. The van der Waals surface area contributed by atoms with E-state index in [4.69, 9.17) is 15.6 Å². The summed E-state index contributed by atoms with van der Waals surface area (Å²) in [6.45, 7) is 0.578. The molecule has 0 aliphatic carbocycles. The van der Waals surface area contributed by atoms with Gasteiger partial charge in [-0.25, -0.2) is 27.0 Å². The number of aromatic nitrogens is 2. The first kappa shape index (κ1) is 33.4. The number of nitrogen functional groups attached to an aromatic ring is 1. The Morgan fingerprint density at radius 3 is 2.11 bits per heavy atom. The molecule has 2 aromatic heterocycles. The number of thiazole rings is 1. The molecule has 0 atom stereocenters. The second-order valence-corrected chi connectivity index (χ2v) is 12.5. The Balaban J connectivity index is 0.000000591. The summed E-state index contributed by atoms with van der Waals surface area (Å²) >= 11 is 0.910. The number of sulfonamides is 1. The zero-order valence-electron chi connectivity index (χ0n) is 23.0. The van der Waals surface area contributed by atoms with Crippen LogP contribution in [0, 0.1) is 11.6 Å². The molecule has 0 saturated carbocycles. The molecule has 0 amide bonds. The quantitative estimate of drug-likeness (QED) is 0.178. The molecule has 4 aromatic rings. The fraction of sp³-hybridized carbons (Fsp3) is 0.214. The van der Waals surface area contributed by atoms with E-state index in [-0.39, 0.29) is 34.7 Å². The van der Waals surface area contributed by atoms with Crippen molar-refractivity contribution >= 4 is 44.1 Å². The molecule has 0 unspecified atom stereocenters. The van der Waals surface area contributed by atoms with Gasteiger partial charge in [0.1, 0.15) is 22.3 Å². The Morgan fingerprint density at radius 1 is 0.978 bits per heavy atom. The highest BCUT2D eigenvalue weighted by atomic mass is 32.2. The summed E-state index contributed by atoms with van der Waals surface area (Å²) < 4.78 is 87.7. The van der Waals surface area contributed by atoms with Gasteiger partial charge in [-0.05, 0) is 54.3 Å². The number of nitrogens with zero attached hydrogens (tertiary/aromatic N) is 3.